The summed E-state index contributed by atoms with van der Waals surface area (Å²) in [7, 11) is 0. The normalized spacial score (nSPS) is 9.38. The van der Waals surface area contributed by atoms with Gasteiger partial charge in [-0.25, -0.2) is 0 Å². The molecular weight excluding hydrogens is 419 g/mol. The van der Waals surface area contributed by atoms with Crippen molar-refractivity contribution in [2.75, 3.05) is 0 Å². The van der Waals surface area contributed by atoms with Crippen LogP contribution in [0.25, 0.3) is 0 Å². The monoisotopic (exact) mass is 433 g/mol. The summed E-state index contributed by atoms with van der Waals surface area (Å²) in [6.07, 6.45) is 2.04. The largest absolute Gasteiger partial charge is 0.508 e. The molecule has 1 aromatic carbocycles. The van der Waals surface area contributed by atoms with Crippen molar-refractivity contribution in [3.05, 3.63) is 29.3 Å². The number of rotatable bonds is 3. The Morgan fingerprint density at radius 2 is 2.00 bits per heavy atom. The second-order valence-electron chi connectivity index (χ2n) is 2.87. The first kappa shape index (κ1) is 11.0. The summed E-state index contributed by atoms with van der Waals surface area (Å²) in [5.41, 5.74) is 1.71. The minimum atomic E-state index is -0.0990. The van der Waals surface area contributed by atoms with E-state index in [1.54, 1.807) is 12.1 Å². The van der Waals surface area contributed by atoms with Gasteiger partial charge in [-0.3, -0.25) is 0 Å². The second kappa shape index (κ2) is 4.78. The minimum absolute atomic E-state index is 0. The summed E-state index contributed by atoms with van der Waals surface area (Å²) in [6.45, 7) is 2.00. The molecule has 0 radical (unpaired) electrons. The zero-order chi connectivity index (χ0) is 8.97. The number of phenols is 1. The number of hydrogen-bond donors (Lipinski definition) is 2. The first-order chi connectivity index (χ1) is 5.77. The van der Waals surface area contributed by atoms with E-state index >= 15 is 0 Å². The number of aryl methyl sites for hydroxylation is 1. The predicted octanol–water partition coefficient (Wildman–Crippen LogP) is 1.84. The van der Waals surface area contributed by atoms with Crippen molar-refractivity contribution in [1.82, 2.24) is 0 Å². The molecule has 0 amide bonds. The van der Waals surface area contributed by atoms with Crippen molar-refractivity contribution in [1.29, 1.82) is 0 Å². The Morgan fingerprint density at radius 3 is 2.46 bits per heavy atom. The molecule has 0 unspecified atom stereocenters. The van der Waals surface area contributed by atoms with Crippen LogP contribution in [0.3, 0.4) is 0 Å². The molecule has 13 heavy (non-hydrogen) atoms. The Kier molecular flexibility index (Phi) is 4.03. The van der Waals surface area contributed by atoms with Gasteiger partial charge < -0.3 is 10.2 Å². The summed E-state index contributed by atoms with van der Waals surface area (Å²) < 4.78 is 0. The molecule has 0 saturated carbocycles. The van der Waals surface area contributed by atoms with Gasteiger partial charge in [-0.05, 0) is 18.1 Å². The van der Waals surface area contributed by atoms with Gasteiger partial charge in [0.2, 0.25) is 0 Å². The third-order valence-electron chi connectivity index (χ3n) is 1.86. The van der Waals surface area contributed by atoms with Crippen molar-refractivity contribution in [3.8, 4) is 5.75 Å². The number of aliphatic hydroxyl groups excluding tert-OH is 1. The summed E-state index contributed by atoms with van der Waals surface area (Å²) in [6, 6.07) is 5.42. The zero-order valence-corrected chi connectivity index (χ0v) is 14.4. The molecule has 0 bridgehead atoms. The predicted molar refractivity (Wildman–Crippen MR) is 48.0 cm³/mol. The van der Waals surface area contributed by atoms with E-state index in [0.29, 0.717) is 5.56 Å². The first-order valence-corrected chi connectivity index (χ1v) is 4.19. The van der Waals surface area contributed by atoms with Gasteiger partial charge in [0.05, 0.1) is 6.61 Å². The molecule has 2 N–H and O–H groups in total. The van der Waals surface area contributed by atoms with E-state index in [1.165, 1.54) is 0 Å². The summed E-state index contributed by atoms with van der Waals surface area (Å²) >= 11 is 0. The Bertz CT molecular complexity index is 261. The van der Waals surface area contributed by atoms with Gasteiger partial charge in [0.15, 0.2) is 0 Å². The van der Waals surface area contributed by atoms with Gasteiger partial charge in [-0.1, -0.05) is 25.5 Å². The van der Waals surface area contributed by atoms with E-state index in [2.05, 4.69) is 6.92 Å². The fraction of sp³-hybridized carbons (Fsp3) is 0.400. The fourth-order valence-electron chi connectivity index (χ4n) is 1.19. The number of aliphatic hydroxyl groups is 1. The topological polar surface area (TPSA) is 40.5 Å². The van der Waals surface area contributed by atoms with Crippen LogP contribution in [0.2, 0.25) is 0 Å². The first-order valence-electron chi connectivity index (χ1n) is 4.19. The quantitative estimate of drug-likeness (QED) is 0.764. The standard InChI is InChI=1S/C10H14O2.Rf/c1-2-3-8-4-5-9(7-11)10(12)6-8;/h4-6,11-12H,2-3,7H2,1H3;. The van der Waals surface area contributed by atoms with E-state index in [1.807, 2.05) is 6.07 Å². The summed E-state index contributed by atoms with van der Waals surface area (Å²) in [5.74, 6) is 0.198. The third kappa shape index (κ3) is 2.49. The van der Waals surface area contributed by atoms with Crippen LogP contribution in [0.1, 0.15) is 24.5 Å². The van der Waals surface area contributed by atoms with E-state index in [0.717, 1.165) is 18.4 Å². The smallest absolute Gasteiger partial charge is 0.121 e. The molecule has 1 rings (SSSR count). The summed E-state index contributed by atoms with van der Waals surface area (Å²) in [5, 5.41) is 18.1. The second-order valence-corrected chi connectivity index (χ2v) is 2.87. The van der Waals surface area contributed by atoms with Crippen molar-refractivity contribution < 1.29 is 10.2 Å². The molecule has 0 aliphatic heterocycles. The van der Waals surface area contributed by atoms with Gasteiger partial charge >= 0.3 is 0 Å². The van der Waals surface area contributed by atoms with E-state index < -0.39 is 0 Å². The number of benzene rings is 1. The Hall–Kier alpha value is -2.02. The molecule has 0 aliphatic carbocycles. The van der Waals surface area contributed by atoms with Gasteiger partial charge in [0.1, 0.15) is 5.75 Å². The minimum Gasteiger partial charge on any atom is -0.508 e. The van der Waals surface area contributed by atoms with Crippen LogP contribution < -0.4 is 0 Å². The molecule has 68 valence electrons. The molecular formula is C10H14O2Rf. The molecule has 0 spiro atoms. The van der Waals surface area contributed by atoms with Gasteiger partial charge in [-0.2, -0.15) is 0 Å². The number of hydrogen-bond acceptors (Lipinski definition) is 2. The molecule has 0 aromatic heterocycles. The van der Waals surface area contributed by atoms with Crippen LogP contribution in [-0.4, -0.2) is 10.2 Å². The van der Waals surface area contributed by atoms with E-state index in [9.17, 15) is 5.11 Å². The molecule has 0 fully saturated rings. The van der Waals surface area contributed by atoms with Gasteiger partial charge in [0.25, 0.3) is 0 Å². The van der Waals surface area contributed by atoms with Gasteiger partial charge in [-0.15, -0.1) is 0 Å². The molecule has 2 nitrogen and oxygen atoms in total. The van der Waals surface area contributed by atoms with Crippen LogP contribution in [0, 0.1) is 0 Å². The van der Waals surface area contributed by atoms with Crippen LogP contribution >= 0.6 is 0 Å². The average Bonchev–Trinajstić information content (AvgIpc) is 2.05. The Balaban J connectivity index is 0.00000144. The maximum absolute atomic E-state index is 9.36. The third-order valence-corrected chi connectivity index (χ3v) is 1.86. The zero-order valence-electron chi connectivity index (χ0n) is 7.95. The molecule has 0 atom stereocenters. The van der Waals surface area contributed by atoms with Crippen molar-refractivity contribution in [3.63, 3.8) is 0 Å². The van der Waals surface area contributed by atoms with Gasteiger partial charge in [0, 0.05) is 5.56 Å². The maximum Gasteiger partial charge on any atom is 0.121 e. The van der Waals surface area contributed by atoms with Crippen molar-refractivity contribution >= 4 is 0 Å². The van der Waals surface area contributed by atoms with Crippen LogP contribution in [0.15, 0.2) is 18.2 Å². The molecule has 0 aliphatic rings. The molecule has 0 saturated heterocycles. The van der Waals surface area contributed by atoms with Crippen molar-refractivity contribution in [2.45, 2.75) is 26.4 Å². The summed E-state index contributed by atoms with van der Waals surface area (Å²) in [4.78, 5) is 0. The average molecular weight is 433 g/mol. The molecule has 3 heteroatoms. The number of aromatic hydroxyl groups is 1. The Labute approximate surface area is 72.5 Å². The van der Waals surface area contributed by atoms with Crippen LogP contribution in [-0.2, 0) is 13.0 Å². The van der Waals surface area contributed by atoms with E-state index in [-0.39, 0.29) is 12.4 Å². The molecule has 0 heterocycles. The van der Waals surface area contributed by atoms with Crippen LogP contribution in [0.5, 0.6) is 5.75 Å². The van der Waals surface area contributed by atoms with Crippen molar-refractivity contribution in [2.24, 2.45) is 0 Å². The van der Waals surface area contributed by atoms with E-state index in [4.69, 9.17) is 5.11 Å². The maximum atomic E-state index is 9.36. The Morgan fingerprint density at radius 1 is 1.31 bits per heavy atom. The fourth-order valence-corrected chi connectivity index (χ4v) is 1.19. The van der Waals surface area contributed by atoms with Crippen LogP contribution in [0.4, 0.5) is 0 Å². The SMILES string of the molecule is CCCc1ccc(CO)c(O)c1.[Rf]. The molecule has 1 aromatic rings.